The van der Waals surface area contributed by atoms with E-state index < -0.39 is 18.4 Å². The number of benzene rings is 2. The fourth-order valence-electron chi connectivity index (χ4n) is 2.66. The average Bonchev–Trinajstić information content (AvgIpc) is 2.95. The first-order valence-electron chi connectivity index (χ1n) is 8.71. The van der Waals surface area contributed by atoms with Gasteiger partial charge >= 0.3 is 5.97 Å². The van der Waals surface area contributed by atoms with Crippen molar-refractivity contribution in [1.29, 1.82) is 0 Å². The first-order valence-corrected chi connectivity index (χ1v) is 9.93. The van der Waals surface area contributed by atoms with Crippen molar-refractivity contribution in [3.63, 3.8) is 0 Å². The van der Waals surface area contributed by atoms with E-state index in [0.29, 0.717) is 23.0 Å². The highest BCUT2D eigenvalue weighted by Crippen LogP contribution is 2.34. The molecule has 1 heterocycles. The summed E-state index contributed by atoms with van der Waals surface area (Å²) >= 11 is 6.19. The summed E-state index contributed by atoms with van der Waals surface area (Å²) in [6, 6.07) is 13.4. The van der Waals surface area contributed by atoms with E-state index in [0.717, 1.165) is 27.8 Å². The van der Waals surface area contributed by atoms with Crippen LogP contribution in [0.3, 0.4) is 0 Å². The van der Waals surface area contributed by atoms with Gasteiger partial charge in [-0.3, -0.25) is 14.5 Å². The number of hydrogen-bond acceptors (Lipinski definition) is 6. The van der Waals surface area contributed by atoms with Crippen molar-refractivity contribution in [1.82, 2.24) is 4.90 Å². The second-order valence-electron chi connectivity index (χ2n) is 6.35. The molecule has 3 rings (SSSR count). The van der Waals surface area contributed by atoms with Crippen molar-refractivity contribution in [2.45, 2.75) is 13.5 Å². The molecule has 1 fully saturated rings. The number of nitrogens with zero attached hydrogens (tertiary/aromatic N) is 1. The quantitative estimate of drug-likeness (QED) is 0.529. The molecule has 8 heteroatoms. The van der Waals surface area contributed by atoms with Crippen molar-refractivity contribution in [3.05, 3.63) is 64.1 Å². The number of carboxylic acid groups (broad SMARTS) is 1. The number of ether oxygens (including phenoxy) is 2. The van der Waals surface area contributed by atoms with E-state index in [-0.39, 0.29) is 4.32 Å². The minimum absolute atomic E-state index is 0.230. The Morgan fingerprint density at radius 3 is 2.59 bits per heavy atom. The summed E-state index contributed by atoms with van der Waals surface area (Å²) in [4.78, 5) is 24.7. The molecule has 0 unspecified atom stereocenters. The fourth-order valence-corrected chi connectivity index (χ4v) is 3.92. The molecule has 0 aliphatic carbocycles. The molecule has 0 bridgehead atoms. The second-order valence-corrected chi connectivity index (χ2v) is 8.02. The number of thioether (sulfide) groups is 1. The molecule has 2 aromatic rings. The van der Waals surface area contributed by atoms with Gasteiger partial charge in [0.2, 0.25) is 0 Å². The van der Waals surface area contributed by atoms with Gasteiger partial charge in [0.15, 0.2) is 11.5 Å². The number of thiocarbonyl (C=S) groups is 1. The van der Waals surface area contributed by atoms with Crippen LogP contribution in [0.5, 0.6) is 11.5 Å². The summed E-state index contributed by atoms with van der Waals surface area (Å²) in [6.07, 6.45) is 1.66. The molecule has 0 aromatic heterocycles. The van der Waals surface area contributed by atoms with Gasteiger partial charge in [0.05, 0.1) is 12.0 Å². The van der Waals surface area contributed by atoms with Gasteiger partial charge in [0, 0.05) is 0 Å². The van der Waals surface area contributed by atoms with Crippen molar-refractivity contribution in [3.8, 4) is 11.5 Å². The van der Waals surface area contributed by atoms with Gasteiger partial charge < -0.3 is 14.6 Å². The molecule has 0 spiro atoms. The van der Waals surface area contributed by atoms with Crippen molar-refractivity contribution >= 4 is 46.3 Å². The lowest BCUT2D eigenvalue weighted by molar-refractivity contribution is -0.140. The summed E-state index contributed by atoms with van der Waals surface area (Å²) in [5.74, 6) is -0.407. The smallest absolute Gasteiger partial charge is 0.323 e. The lowest BCUT2D eigenvalue weighted by atomic mass is 10.1. The number of carbonyl (C=O) groups excluding carboxylic acids is 1. The van der Waals surface area contributed by atoms with E-state index in [9.17, 15) is 9.59 Å². The van der Waals surface area contributed by atoms with Crippen molar-refractivity contribution < 1.29 is 24.2 Å². The van der Waals surface area contributed by atoms with E-state index in [2.05, 4.69) is 0 Å². The number of hydrogen-bond donors (Lipinski definition) is 1. The van der Waals surface area contributed by atoms with Crippen molar-refractivity contribution in [2.24, 2.45) is 0 Å². The van der Waals surface area contributed by atoms with Gasteiger partial charge in [-0.15, -0.1) is 0 Å². The van der Waals surface area contributed by atoms with Crippen LogP contribution in [0.1, 0.15) is 16.7 Å². The van der Waals surface area contributed by atoms with Gasteiger partial charge in [-0.1, -0.05) is 59.9 Å². The maximum absolute atomic E-state index is 12.4. The van der Waals surface area contributed by atoms with Crippen LogP contribution in [0, 0.1) is 6.92 Å². The highest BCUT2D eigenvalue weighted by molar-refractivity contribution is 8.26. The molecule has 2 aromatic carbocycles. The number of carbonyl (C=O) groups is 2. The SMILES string of the molecule is COc1cc(/C=C2\SC(=S)N(CC(=O)O)C2=O)ccc1OCc1ccc(C)cc1. The molecular weight excluding hydrogens is 410 g/mol. The lowest BCUT2D eigenvalue weighted by Crippen LogP contribution is -2.33. The summed E-state index contributed by atoms with van der Waals surface area (Å²) in [7, 11) is 1.55. The van der Waals surface area contributed by atoms with Gasteiger partial charge in [-0.25, -0.2) is 0 Å². The third-order valence-corrected chi connectivity index (χ3v) is 5.55. The van der Waals surface area contributed by atoms with Crippen LogP contribution in [0.25, 0.3) is 6.08 Å². The minimum Gasteiger partial charge on any atom is -0.493 e. The molecule has 150 valence electrons. The largest absolute Gasteiger partial charge is 0.493 e. The Morgan fingerprint density at radius 1 is 1.21 bits per heavy atom. The van der Waals surface area contributed by atoms with Crippen LogP contribution >= 0.6 is 24.0 Å². The average molecular weight is 430 g/mol. The Hall–Kier alpha value is -2.84. The first-order chi connectivity index (χ1) is 13.9. The second kappa shape index (κ2) is 9.11. The van der Waals surface area contributed by atoms with E-state index in [1.54, 1.807) is 31.4 Å². The Balaban J connectivity index is 1.75. The molecule has 1 N–H and O–H groups in total. The van der Waals surface area contributed by atoms with Gasteiger partial charge in [0.1, 0.15) is 17.5 Å². The third-order valence-electron chi connectivity index (χ3n) is 4.17. The van der Waals surface area contributed by atoms with Crippen LogP contribution in [0.15, 0.2) is 47.4 Å². The zero-order chi connectivity index (χ0) is 21.0. The number of aliphatic carboxylic acids is 1. The predicted octanol–water partition coefficient (Wildman–Crippen LogP) is 3.87. The van der Waals surface area contributed by atoms with Gasteiger partial charge in [0.25, 0.3) is 5.91 Å². The summed E-state index contributed by atoms with van der Waals surface area (Å²) in [6.45, 7) is 1.99. The molecule has 1 aliphatic heterocycles. The molecule has 0 atom stereocenters. The molecular formula is C21H19NO5S2. The van der Waals surface area contributed by atoms with Crippen LogP contribution < -0.4 is 9.47 Å². The maximum atomic E-state index is 12.4. The molecule has 0 saturated carbocycles. The minimum atomic E-state index is -1.11. The van der Waals surface area contributed by atoms with E-state index in [1.165, 1.54) is 5.56 Å². The topological polar surface area (TPSA) is 76.1 Å². The maximum Gasteiger partial charge on any atom is 0.323 e. The van der Waals surface area contributed by atoms with Crippen LogP contribution in [0.4, 0.5) is 0 Å². The number of methoxy groups -OCH3 is 1. The number of carboxylic acids is 1. The highest BCUT2D eigenvalue weighted by atomic mass is 32.2. The molecule has 0 radical (unpaired) electrons. The monoisotopic (exact) mass is 429 g/mol. The Labute approximate surface area is 178 Å². The van der Waals surface area contributed by atoms with Crippen LogP contribution in [-0.4, -0.2) is 39.9 Å². The standard InChI is InChI=1S/C21H19NO5S2/c1-13-3-5-14(6-4-13)12-27-16-8-7-15(9-17(16)26-2)10-18-20(25)22(11-19(23)24)21(28)29-18/h3-10H,11-12H2,1-2H3,(H,23,24)/b18-10-. The number of amides is 1. The van der Waals surface area contributed by atoms with E-state index >= 15 is 0 Å². The van der Waals surface area contributed by atoms with Gasteiger partial charge in [-0.05, 0) is 36.3 Å². The summed E-state index contributed by atoms with van der Waals surface area (Å²) in [5.41, 5.74) is 2.95. The highest BCUT2D eigenvalue weighted by Gasteiger charge is 2.33. The van der Waals surface area contributed by atoms with Crippen LogP contribution in [-0.2, 0) is 16.2 Å². The Bertz CT molecular complexity index is 985. The fraction of sp³-hybridized carbons (Fsp3) is 0.190. The zero-order valence-electron chi connectivity index (χ0n) is 15.9. The first kappa shape index (κ1) is 20.9. The lowest BCUT2D eigenvalue weighted by Gasteiger charge is -2.12. The number of rotatable bonds is 7. The third kappa shape index (κ3) is 5.16. The Morgan fingerprint density at radius 2 is 1.93 bits per heavy atom. The molecule has 1 aliphatic rings. The molecule has 1 saturated heterocycles. The van der Waals surface area contributed by atoms with E-state index in [4.69, 9.17) is 26.8 Å². The number of aryl methyl sites for hydroxylation is 1. The Kier molecular flexibility index (Phi) is 6.56. The van der Waals surface area contributed by atoms with E-state index in [1.807, 2.05) is 31.2 Å². The summed E-state index contributed by atoms with van der Waals surface area (Å²) < 4.78 is 11.5. The molecule has 29 heavy (non-hydrogen) atoms. The van der Waals surface area contributed by atoms with Crippen LogP contribution in [0.2, 0.25) is 0 Å². The normalized spacial score (nSPS) is 15.1. The molecule has 6 nitrogen and oxygen atoms in total. The molecule has 1 amide bonds. The van der Waals surface area contributed by atoms with Gasteiger partial charge in [-0.2, -0.15) is 0 Å². The predicted molar refractivity (Wildman–Crippen MR) is 116 cm³/mol. The summed E-state index contributed by atoms with van der Waals surface area (Å²) in [5, 5.41) is 8.92. The zero-order valence-corrected chi connectivity index (χ0v) is 17.5. The van der Waals surface area contributed by atoms with Crippen molar-refractivity contribution in [2.75, 3.05) is 13.7 Å².